The van der Waals surface area contributed by atoms with E-state index in [9.17, 15) is 5.11 Å². The summed E-state index contributed by atoms with van der Waals surface area (Å²) in [5.74, 6) is 0.547. The molecule has 0 fully saturated rings. The van der Waals surface area contributed by atoms with Crippen LogP contribution in [0.25, 0.3) is 0 Å². The second-order valence-corrected chi connectivity index (χ2v) is 4.88. The number of hydrazone groups is 1. The molecule has 0 radical (unpaired) electrons. The predicted molar refractivity (Wildman–Crippen MR) is 89.0 cm³/mol. The standard InChI is InChI=1S/C14H21N3O4S/c1-9(8-19-2)16-14(22)17-15-7-10-5-11(20-3)13(18)12(6-10)21-4/h5-7,9,18H,8H2,1-4H3,(H2,16,17,22)/b15-7+/t9-/m0/s1. The monoisotopic (exact) mass is 327 g/mol. The Bertz CT molecular complexity index is 512. The number of nitrogens with one attached hydrogen (secondary N) is 2. The van der Waals surface area contributed by atoms with Crippen LogP contribution in [0, 0.1) is 0 Å². The fraction of sp³-hybridized carbons (Fsp3) is 0.429. The summed E-state index contributed by atoms with van der Waals surface area (Å²) >= 11 is 5.10. The number of methoxy groups -OCH3 is 3. The number of hydrogen-bond donors (Lipinski definition) is 3. The van der Waals surface area contributed by atoms with Gasteiger partial charge in [0.2, 0.25) is 5.75 Å². The molecule has 1 atom stereocenters. The fourth-order valence-corrected chi connectivity index (χ4v) is 1.96. The van der Waals surface area contributed by atoms with E-state index >= 15 is 0 Å². The van der Waals surface area contributed by atoms with E-state index in [1.807, 2.05) is 6.92 Å². The van der Waals surface area contributed by atoms with Crippen LogP contribution in [-0.2, 0) is 4.74 Å². The van der Waals surface area contributed by atoms with E-state index < -0.39 is 0 Å². The molecule has 1 aromatic rings. The van der Waals surface area contributed by atoms with Crippen molar-refractivity contribution in [3.05, 3.63) is 17.7 Å². The Morgan fingerprint density at radius 2 is 1.91 bits per heavy atom. The van der Waals surface area contributed by atoms with Gasteiger partial charge in [0.05, 0.1) is 27.0 Å². The highest BCUT2D eigenvalue weighted by molar-refractivity contribution is 7.80. The largest absolute Gasteiger partial charge is 0.502 e. The molecule has 7 nitrogen and oxygen atoms in total. The first kappa shape index (κ1) is 18.0. The number of benzene rings is 1. The molecule has 0 saturated heterocycles. The molecule has 1 rings (SSSR count). The minimum Gasteiger partial charge on any atom is -0.502 e. The van der Waals surface area contributed by atoms with E-state index in [2.05, 4.69) is 15.8 Å². The van der Waals surface area contributed by atoms with Crippen molar-refractivity contribution in [1.82, 2.24) is 10.7 Å². The van der Waals surface area contributed by atoms with Gasteiger partial charge in [-0.3, -0.25) is 5.43 Å². The van der Waals surface area contributed by atoms with Gasteiger partial charge in [-0.1, -0.05) is 0 Å². The van der Waals surface area contributed by atoms with Crippen molar-refractivity contribution in [2.24, 2.45) is 5.10 Å². The van der Waals surface area contributed by atoms with Crippen LogP contribution < -0.4 is 20.2 Å². The number of nitrogens with zero attached hydrogens (tertiary/aromatic N) is 1. The lowest BCUT2D eigenvalue weighted by atomic mass is 10.2. The van der Waals surface area contributed by atoms with Crippen LogP contribution >= 0.6 is 12.2 Å². The zero-order valence-corrected chi connectivity index (χ0v) is 13.9. The van der Waals surface area contributed by atoms with Crippen LogP contribution in [0.15, 0.2) is 17.2 Å². The summed E-state index contributed by atoms with van der Waals surface area (Å²) in [6.07, 6.45) is 1.54. The average Bonchev–Trinajstić information content (AvgIpc) is 2.48. The summed E-state index contributed by atoms with van der Waals surface area (Å²) < 4.78 is 15.1. The molecule has 8 heteroatoms. The van der Waals surface area contributed by atoms with E-state index in [0.29, 0.717) is 28.8 Å². The van der Waals surface area contributed by atoms with Gasteiger partial charge in [0.1, 0.15) is 0 Å². The van der Waals surface area contributed by atoms with Crippen molar-refractivity contribution in [2.45, 2.75) is 13.0 Å². The number of phenols is 1. The van der Waals surface area contributed by atoms with Crippen molar-refractivity contribution >= 4 is 23.5 Å². The molecule has 0 aliphatic heterocycles. The van der Waals surface area contributed by atoms with E-state index in [-0.39, 0.29) is 11.8 Å². The van der Waals surface area contributed by atoms with Gasteiger partial charge >= 0.3 is 0 Å². The van der Waals surface area contributed by atoms with Gasteiger partial charge in [0.25, 0.3) is 0 Å². The Labute approximate surface area is 135 Å². The molecule has 0 aliphatic rings. The molecule has 0 bridgehead atoms. The third-order valence-electron chi connectivity index (χ3n) is 2.68. The van der Waals surface area contributed by atoms with Crippen LogP contribution in [0.2, 0.25) is 0 Å². The number of aromatic hydroxyl groups is 1. The molecule has 22 heavy (non-hydrogen) atoms. The Morgan fingerprint density at radius 1 is 1.32 bits per heavy atom. The zero-order valence-electron chi connectivity index (χ0n) is 13.0. The molecule has 0 aliphatic carbocycles. The lowest BCUT2D eigenvalue weighted by Gasteiger charge is -2.13. The Hall–Kier alpha value is -2.06. The summed E-state index contributed by atoms with van der Waals surface area (Å²) in [6.45, 7) is 2.48. The third-order valence-corrected chi connectivity index (χ3v) is 2.89. The molecule has 1 aromatic carbocycles. The van der Waals surface area contributed by atoms with Crippen molar-refractivity contribution < 1.29 is 19.3 Å². The SMILES string of the molecule is COC[C@H](C)NC(=S)N/N=C/c1cc(OC)c(O)c(OC)c1. The first-order valence-electron chi connectivity index (χ1n) is 6.55. The van der Waals surface area contributed by atoms with Crippen LogP contribution in [0.4, 0.5) is 0 Å². The molecule has 0 aromatic heterocycles. The van der Waals surface area contributed by atoms with Gasteiger partial charge in [-0.2, -0.15) is 5.10 Å². The maximum absolute atomic E-state index is 9.82. The maximum atomic E-state index is 9.82. The number of hydrogen-bond acceptors (Lipinski definition) is 6. The van der Waals surface area contributed by atoms with Gasteiger partial charge in [-0.15, -0.1) is 0 Å². The minimum atomic E-state index is -0.0549. The smallest absolute Gasteiger partial charge is 0.200 e. The van der Waals surface area contributed by atoms with Gasteiger partial charge in [-0.05, 0) is 31.3 Å². The fourth-order valence-electron chi connectivity index (χ4n) is 1.70. The van der Waals surface area contributed by atoms with Gasteiger partial charge in [0, 0.05) is 18.7 Å². The van der Waals surface area contributed by atoms with Crippen LogP contribution in [0.1, 0.15) is 12.5 Å². The van der Waals surface area contributed by atoms with Crippen LogP contribution in [0.3, 0.4) is 0 Å². The first-order chi connectivity index (χ1) is 10.5. The molecule has 0 saturated carbocycles. The quantitative estimate of drug-likeness (QED) is 0.395. The van der Waals surface area contributed by atoms with E-state index in [1.54, 1.807) is 25.5 Å². The van der Waals surface area contributed by atoms with Crippen LogP contribution in [0.5, 0.6) is 17.2 Å². The third kappa shape index (κ3) is 5.38. The van der Waals surface area contributed by atoms with Gasteiger partial charge in [0.15, 0.2) is 16.6 Å². The molecule has 3 N–H and O–H groups in total. The Morgan fingerprint density at radius 3 is 2.41 bits per heavy atom. The lowest BCUT2D eigenvalue weighted by molar-refractivity contribution is 0.179. The second kappa shape index (κ2) is 9.06. The van der Waals surface area contributed by atoms with Crippen molar-refractivity contribution in [3.63, 3.8) is 0 Å². The second-order valence-electron chi connectivity index (χ2n) is 4.47. The summed E-state index contributed by atoms with van der Waals surface area (Å²) in [7, 11) is 4.55. The summed E-state index contributed by atoms with van der Waals surface area (Å²) in [5.41, 5.74) is 3.39. The normalized spacial score (nSPS) is 12.0. The van der Waals surface area contributed by atoms with Gasteiger partial charge < -0.3 is 24.6 Å². The van der Waals surface area contributed by atoms with E-state index in [1.165, 1.54) is 14.2 Å². The number of thiocarbonyl (C=S) groups is 1. The molecule has 0 spiro atoms. The van der Waals surface area contributed by atoms with E-state index in [0.717, 1.165) is 0 Å². The molecule has 0 unspecified atom stereocenters. The lowest BCUT2D eigenvalue weighted by Crippen LogP contribution is -2.40. The molecule has 0 amide bonds. The zero-order chi connectivity index (χ0) is 16.5. The highest BCUT2D eigenvalue weighted by atomic mass is 32.1. The number of rotatable bonds is 7. The van der Waals surface area contributed by atoms with Gasteiger partial charge in [-0.25, -0.2) is 0 Å². The molecule has 122 valence electrons. The highest BCUT2D eigenvalue weighted by Gasteiger charge is 2.10. The summed E-state index contributed by atoms with van der Waals surface area (Å²) in [6, 6.07) is 3.34. The first-order valence-corrected chi connectivity index (χ1v) is 6.96. The Balaban J connectivity index is 2.68. The van der Waals surface area contributed by atoms with Crippen LogP contribution in [-0.4, -0.2) is 50.4 Å². The summed E-state index contributed by atoms with van der Waals surface area (Å²) in [5, 5.41) is 17.2. The topological polar surface area (TPSA) is 84.3 Å². The number of phenolic OH excluding ortho intramolecular Hbond substituents is 1. The van der Waals surface area contributed by atoms with E-state index in [4.69, 9.17) is 26.4 Å². The highest BCUT2D eigenvalue weighted by Crippen LogP contribution is 2.36. The van der Waals surface area contributed by atoms with Crippen molar-refractivity contribution in [3.8, 4) is 17.2 Å². The van der Waals surface area contributed by atoms with Crippen molar-refractivity contribution in [1.29, 1.82) is 0 Å². The molecular weight excluding hydrogens is 306 g/mol. The predicted octanol–water partition coefficient (Wildman–Crippen LogP) is 1.24. The molecule has 0 heterocycles. The van der Waals surface area contributed by atoms with Crippen molar-refractivity contribution in [2.75, 3.05) is 27.9 Å². The minimum absolute atomic E-state index is 0.0549. The number of ether oxygens (including phenoxy) is 3. The summed E-state index contributed by atoms with van der Waals surface area (Å²) in [4.78, 5) is 0. The Kier molecular flexibility index (Phi) is 7.41. The molecular formula is C14H21N3O4S. The maximum Gasteiger partial charge on any atom is 0.200 e. The average molecular weight is 327 g/mol.